The van der Waals surface area contributed by atoms with Gasteiger partial charge in [-0.2, -0.15) is 0 Å². The molecule has 1 fully saturated rings. The lowest BCUT2D eigenvalue weighted by Crippen LogP contribution is -2.32. The number of carbonyl (C=O) groups is 1. The molecule has 0 spiro atoms. The maximum absolute atomic E-state index is 11.5. The quantitative estimate of drug-likeness (QED) is 0.707. The molecule has 16 heavy (non-hydrogen) atoms. The van der Waals surface area contributed by atoms with Crippen LogP contribution in [0.3, 0.4) is 0 Å². The first-order valence-electron chi connectivity index (χ1n) is 6.30. The zero-order chi connectivity index (χ0) is 10.9. The number of hydrogen-bond donors (Lipinski definition) is 2. The lowest BCUT2D eigenvalue weighted by Gasteiger charge is -2.20. The third kappa shape index (κ3) is 7.07. The molecule has 2 N–H and O–H groups in total. The van der Waals surface area contributed by atoms with Crippen LogP contribution in [0.1, 0.15) is 45.4 Å². The third-order valence-corrected chi connectivity index (χ3v) is 3.07. The maximum Gasteiger partial charge on any atom is 0.220 e. The average molecular weight is 249 g/mol. The van der Waals surface area contributed by atoms with Crippen molar-refractivity contribution in [1.29, 1.82) is 0 Å². The van der Waals surface area contributed by atoms with E-state index in [2.05, 4.69) is 17.6 Å². The van der Waals surface area contributed by atoms with Crippen molar-refractivity contribution in [2.45, 2.75) is 45.4 Å². The summed E-state index contributed by atoms with van der Waals surface area (Å²) in [6, 6.07) is 0. The summed E-state index contributed by atoms with van der Waals surface area (Å²) in [6.07, 6.45) is 7.23. The number of hydrogen-bond acceptors (Lipinski definition) is 2. The van der Waals surface area contributed by atoms with Crippen LogP contribution in [0.15, 0.2) is 0 Å². The molecule has 0 radical (unpaired) electrons. The largest absolute Gasteiger partial charge is 0.355 e. The Labute approximate surface area is 105 Å². The fourth-order valence-corrected chi connectivity index (χ4v) is 2.19. The normalized spacial score (nSPS) is 16.6. The summed E-state index contributed by atoms with van der Waals surface area (Å²) >= 11 is 0. The number of rotatable bonds is 6. The first kappa shape index (κ1) is 15.7. The second-order valence-corrected chi connectivity index (χ2v) is 4.41. The van der Waals surface area contributed by atoms with Crippen LogP contribution >= 0.6 is 12.4 Å². The zero-order valence-corrected chi connectivity index (χ0v) is 11.1. The Kier molecular flexibility index (Phi) is 9.74. The molecule has 1 aliphatic rings. The van der Waals surface area contributed by atoms with Gasteiger partial charge in [0.15, 0.2) is 0 Å². The standard InChI is InChI=1S/C12H24N2O.ClH/c1-2-13-8-9-14-12(15)10-11-6-4-3-5-7-11;/h11,13H,2-10H2,1H3,(H,14,15);1H. The van der Waals surface area contributed by atoms with Gasteiger partial charge in [-0.1, -0.05) is 26.2 Å². The Bertz CT molecular complexity index is 182. The molecule has 0 heterocycles. The van der Waals surface area contributed by atoms with Gasteiger partial charge in [0.05, 0.1) is 0 Å². The fraction of sp³-hybridized carbons (Fsp3) is 0.917. The lowest BCUT2D eigenvalue weighted by molar-refractivity contribution is -0.122. The monoisotopic (exact) mass is 248 g/mol. The highest BCUT2D eigenvalue weighted by atomic mass is 35.5. The van der Waals surface area contributed by atoms with Crippen molar-refractivity contribution in [3.63, 3.8) is 0 Å². The topological polar surface area (TPSA) is 41.1 Å². The van der Waals surface area contributed by atoms with Gasteiger partial charge in [0.1, 0.15) is 0 Å². The van der Waals surface area contributed by atoms with Crippen LogP contribution < -0.4 is 10.6 Å². The van der Waals surface area contributed by atoms with Gasteiger partial charge >= 0.3 is 0 Å². The van der Waals surface area contributed by atoms with Crippen LogP contribution in [-0.2, 0) is 4.79 Å². The van der Waals surface area contributed by atoms with Crippen molar-refractivity contribution >= 4 is 18.3 Å². The molecular weight excluding hydrogens is 224 g/mol. The summed E-state index contributed by atoms with van der Waals surface area (Å²) in [5.74, 6) is 0.887. The second kappa shape index (κ2) is 9.91. The van der Waals surface area contributed by atoms with E-state index in [1.165, 1.54) is 32.1 Å². The van der Waals surface area contributed by atoms with Gasteiger partial charge in [0.25, 0.3) is 0 Å². The highest BCUT2D eigenvalue weighted by molar-refractivity contribution is 5.85. The van der Waals surface area contributed by atoms with Gasteiger partial charge in [0.2, 0.25) is 5.91 Å². The Morgan fingerprint density at radius 2 is 1.88 bits per heavy atom. The molecule has 0 aromatic carbocycles. The van der Waals surface area contributed by atoms with E-state index in [9.17, 15) is 4.79 Å². The van der Waals surface area contributed by atoms with Crippen LogP contribution in [0.5, 0.6) is 0 Å². The number of amides is 1. The molecule has 1 amide bonds. The number of nitrogens with one attached hydrogen (secondary N) is 2. The first-order chi connectivity index (χ1) is 7.33. The molecule has 0 aliphatic heterocycles. The van der Waals surface area contributed by atoms with Crippen molar-refractivity contribution < 1.29 is 4.79 Å². The van der Waals surface area contributed by atoms with Crippen LogP contribution in [0.4, 0.5) is 0 Å². The van der Waals surface area contributed by atoms with E-state index >= 15 is 0 Å². The van der Waals surface area contributed by atoms with Crippen molar-refractivity contribution in [3.8, 4) is 0 Å². The van der Waals surface area contributed by atoms with E-state index in [4.69, 9.17) is 0 Å². The van der Waals surface area contributed by atoms with Gasteiger partial charge in [-0.25, -0.2) is 0 Å². The predicted octanol–water partition coefficient (Wildman–Crippen LogP) is 2.10. The van der Waals surface area contributed by atoms with Crippen LogP contribution in [0, 0.1) is 5.92 Å². The second-order valence-electron chi connectivity index (χ2n) is 4.41. The predicted molar refractivity (Wildman–Crippen MR) is 70.0 cm³/mol. The molecule has 1 aliphatic carbocycles. The Balaban J connectivity index is 0.00000225. The molecule has 1 rings (SSSR count). The molecule has 4 heteroatoms. The maximum atomic E-state index is 11.5. The smallest absolute Gasteiger partial charge is 0.220 e. The minimum atomic E-state index is 0. The van der Waals surface area contributed by atoms with Crippen molar-refractivity contribution in [2.75, 3.05) is 19.6 Å². The molecular formula is C12H25ClN2O. The average Bonchev–Trinajstić information content (AvgIpc) is 2.26. The molecule has 0 saturated heterocycles. The molecule has 0 bridgehead atoms. The van der Waals surface area contributed by atoms with Gasteiger partial charge < -0.3 is 10.6 Å². The Hall–Kier alpha value is -0.280. The molecule has 0 aromatic heterocycles. The third-order valence-electron chi connectivity index (χ3n) is 3.07. The summed E-state index contributed by atoms with van der Waals surface area (Å²) in [5, 5.41) is 6.16. The molecule has 3 nitrogen and oxygen atoms in total. The van der Waals surface area contributed by atoms with Gasteiger partial charge in [-0.15, -0.1) is 12.4 Å². The van der Waals surface area contributed by atoms with Gasteiger partial charge in [-0.05, 0) is 25.3 Å². The summed E-state index contributed by atoms with van der Waals surface area (Å²) in [4.78, 5) is 11.5. The summed E-state index contributed by atoms with van der Waals surface area (Å²) < 4.78 is 0. The SMILES string of the molecule is CCNCCNC(=O)CC1CCCCC1.Cl. The Morgan fingerprint density at radius 1 is 1.19 bits per heavy atom. The van der Waals surface area contributed by atoms with E-state index in [-0.39, 0.29) is 18.3 Å². The summed E-state index contributed by atoms with van der Waals surface area (Å²) in [7, 11) is 0. The molecule has 0 atom stereocenters. The molecule has 0 unspecified atom stereocenters. The number of likely N-dealkylation sites (N-methyl/N-ethyl adjacent to an activating group) is 1. The molecule has 0 aromatic rings. The van der Waals surface area contributed by atoms with Crippen molar-refractivity contribution in [2.24, 2.45) is 5.92 Å². The zero-order valence-electron chi connectivity index (χ0n) is 10.3. The van der Waals surface area contributed by atoms with E-state index in [1.54, 1.807) is 0 Å². The van der Waals surface area contributed by atoms with Gasteiger partial charge in [-0.3, -0.25) is 4.79 Å². The molecule has 1 saturated carbocycles. The van der Waals surface area contributed by atoms with E-state index in [0.717, 1.165) is 26.1 Å². The first-order valence-corrected chi connectivity index (χ1v) is 6.30. The van der Waals surface area contributed by atoms with Crippen LogP contribution in [0.25, 0.3) is 0 Å². The van der Waals surface area contributed by atoms with E-state index < -0.39 is 0 Å². The van der Waals surface area contributed by atoms with E-state index in [1.807, 2.05) is 0 Å². The van der Waals surface area contributed by atoms with Crippen molar-refractivity contribution in [3.05, 3.63) is 0 Å². The minimum Gasteiger partial charge on any atom is -0.355 e. The number of halogens is 1. The van der Waals surface area contributed by atoms with Gasteiger partial charge in [0, 0.05) is 19.5 Å². The fourth-order valence-electron chi connectivity index (χ4n) is 2.19. The minimum absolute atomic E-state index is 0. The Morgan fingerprint density at radius 3 is 2.50 bits per heavy atom. The molecule has 96 valence electrons. The summed E-state index contributed by atoms with van der Waals surface area (Å²) in [5.41, 5.74) is 0. The van der Waals surface area contributed by atoms with Crippen LogP contribution in [0.2, 0.25) is 0 Å². The number of carbonyl (C=O) groups excluding carboxylic acids is 1. The highest BCUT2D eigenvalue weighted by Gasteiger charge is 2.16. The summed E-state index contributed by atoms with van der Waals surface area (Å²) in [6.45, 7) is 4.69. The van der Waals surface area contributed by atoms with Crippen LogP contribution in [-0.4, -0.2) is 25.5 Å². The van der Waals surface area contributed by atoms with Crippen molar-refractivity contribution in [1.82, 2.24) is 10.6 Å². The van der Waals surface area contributed by atoms with E-state index in [0.29, 0.717) is 5.92 Å². The highest BCUT2D eigenvalue weighted by Crippen LogP contribution is 2.25. The lowest BCUT2D eigenvalue weighted by atomic mass is 9.87.